The Balaban J connectivity index is 4.50. The SMILES string of the molecule is CC/C=C\C/C=C\C/C=C\C/C=C\C/C=C\C/C=C\CCC(=O)OCC(COC(=O)CCCCC/C=C\C=C/CCCC)OC(=O)CCCCCCCCCCCCCCCCC. The van der Waals surface area contributed by atoms with E-state index in [1.807, 2.05) is 12.2 Å². The van der Waals surface area contributed by atoms with Crippen LogP contribution in [0.25, 0.3) is 0 Å². The van der Waals surface area contributed by atoms with Gasteiger partial charge in [-0.15, -0.1) is 0 Å². The predicted octanol–water partition coefficient (Wildman–Crippen LogP) is 17.0. The van der Waals surface area contributed by atoms with E-state index in [0.717, 1.165) is 89.9 Å². The van der Waals surface area contributed by atoms with Gasteiger partial charge in [-0.05, 0) is 77.0 Å². The molecule has 0 bridgehead atoms. The Morgan fingerprint density at radius 1 is 0.349 bits per heavy atom. The molecule has 0 aromatic heterocycles. The Bertz CT molecular complexity index is 1280. The van der Waals surface area contributed by atoms with E-state index in [-0.39, 0.29) is 37.5 Å². The van der Waals surface area contributed by atoms with Gasteiger partial charge in [0.15, 0.2) is 6.10 Å². The minimum absolute atomic E-state index is 0.114. The molecule has 0 spiro atoms. The van der Waals surface area contributed by atoms with Crippen molar-refractivity contribution in [2.24, 2.45) is 0 Å². The van der Waals surface area contributed by atoms with Crippen molar-refractivity contribution in [1.29, 1.82) is 0 Å². The summed E-state index contributed by atoms with van der Waals surface area (Å²) in [5.74, 6) is -1.03. The number of carbonyl (C=O) groups excluding carboxylic acids is 3. The molecular weight excluding hydrogens is 781 g/mol. The van der Waals surface area contributed by atoms with Gasteiger partial charge in [-0.25, -0.2) is 0 Å². The Labute approximate surface area is 387 Å². The standard InChI is InChI=1S/C57H94O6/c1-4-7-10-13-16-19-22-24-26-27-28-29-31-32-35-38-41-44-47-50-56(59)62-53-54(52-61-55(58)49-46-43-40-37-34-21-18-15-12-9-6-3)63-57(60)51-48-45-42-39-36-33-30-25-23-20-17-14-11-8-5-2/h7,10,15-16,18-19,21,24,26,28-29,32,34-35,41,44,54H,4-6,8-9,11-14,17,20,22-23,25,27,30-31,33,36-40,42-43,45-53H2,1-3H3/b10-7-,18-15-,19-16-,26-24-,29-28-,34-21-,35-32-,44-41-. The molecule has 6 heteroatoms. The maximum atomic E-state index is 12.8. The average Bonchev–Trinajstić information content (AvgIpc) is 3.28. The molecule has 1 atom stereocenters. The van der Waals surface area contributed by atoms with E-state index < -0.39 is 6.10 Å². The minimum Gasteiger partial charge on any atom is -0.462 e. The number of ether oxygens (including phenoxy) is 3. The quantitative estimate of drug-likeness (QED) is 0.0199. The average molecular weight is 875 g/mol. The lowest BCUT2D eigenvalue weighted by Crippen LogP contribution is -2.30. The van der Waals surface area contributed by atoms with Crippen LogP contribution in [-0.2, 0) is 28.6 Å². The van der Waals surface area contributed by atoms with E-state index in [4.69, 9.17) is 14.2 Å². The molecular formula is C57H94O6. The van der Waals surface area contributed by atoms with Crippen LogP contribution in [0.1, 0.15) is 226 Å². The lowest BCUT2D eigenvalue weighted by molar-refractivity contribution is -0.166. The Morgan fingerprint density at radius 3 is 1.17 bits per heavy atom. The normalized spacial score (nSPS) is 12.9. The fourth-order valence-electron chi connectivity index (χ4n) is 6.74. The second kappa shape index (κ2) is 51.0. The first-order valence-electron chi connectivity index (χ1n) is 25.8. The number of esters is 3. The van der Waals surface area contributed by atoms with Crippen LogP contribution < -0.4 is 0 Å². The Kier molecular flexibility index (Phi) is 48.0. The van der Waals surface area contributed by atoms with Crippen molar-refractivity contribution in [1.82, 2.24) is 0 Å². The number of rotatable bonds is 45. The molecule has 358 valence electrons. The van der Waals surface area contributed by atoms with E-state index in [2.05, 4.69) is 106 Å². The van der Waals surface area contributed by atoms with E-state index in [1.54, 1.807) is 0 Å². The molecule has 1 unspecified atom stereocenters. The van der Waals surface area contributed by atoms with Crippen molar-refractivity contribution in [3.05, 3.63) is 97.2 Å². The monoisotopic (exact) mass is 875 g/mol. The summed E-state index contributed by atoms with van der Waals surface area (Å²) >= 11 is 0. The number of allylic oxidation sites excluding steroid dienone is 16. The van der Waals surface area contributed by atoms with Crippen molar-refractivity contribution >= 4 is 17.9 Å². The molecule has 0 aliphatic rings. The van der Waals surface area contributed by atoms with E-state index in [9.17, 15) is 14.4 Å². The molecule has 0 aliphatic heterocycles. The number of carbonyl (C=O) groups is 3. The molecule has 0 N–H and O–H groups in total. The van der Waals surface area contributed by atoms with Gasteiger partial charge in [-0.2, -0.15) is 0 Å². The van der Waals surface area contributed by atoms with Crippen molar-refractivity contribution in [2.45, 2.75) is 232 Å². The molecule has 0 rings (SSSR count). The first-order valence-corrected chi connectivity index (χ1v) is 25.8. The highest BCUT2D eigenvalue weighted by atomic mass is 16.6. The summed E-state index contributed by atoms with van der Waals surface area (Å²) in [6, 6.07) is 0. The third-order valence-corrected chi connectivity index (χ3v) is 10.6. The van der Waals surface area contributed by atoms with Gasteiger partial charge in [0.1, 0.15) is 13.2 Å². The lowest BCUT2D eigenvalue weighted by Gasteiger charge is -2.18. The summed E-state index contributed by atoms with van der Waals surface area (Å²) in [4.78, 5) is 37.9. The lowest BCUT2D eigenvalue weighted by atomic mass is 10.0. The smallest absolute Gasteiger partial charge is 0.306 e. The summed E-state index contributed by atoms with van der Waals surface area (Å²) in [5.41, 5.74) is 0. The van der Waals surface area contributed by atoms with Gasteiger partial charge in [0.2, 0.25) is 0 Å². The van der Waals surface area contributed by atoms with Crippen LogP contribution in [0.3, 0.4) is 0 Å². The molecule has 0 aliphatic carbocycles. The highest BCUT2D eigenvalue weighted by Gasteiger charge is 2.19. The van der Waals surface area contributed by atoms with Crippen molar-refractivity contribution in [3.8, 4) is 0 Å². The van der Waals surface area contributed by atoms with Gasteiger partial charge in [0, 0.05) is 19.3 Å². The molecule has 0 radical (unpaired) electrons. The van der Waals surface area contributed by atoms with Gasteiger partial charge < -0.3 is 14.2 Å². The van der Waals surface area contributed by atoms with Crippen LogP contribution in [0.15, 0.2) is 97.2 Å². The van der Waals surface area contributed by atoms with Crippen LogP contribution in [0, 0.1) is 0 Å². The zero-order valence-electron chi connectivity index (χ0n) is 40.8. The Morgan fingerprint density at radius 2 is 0.714 bits per heavy atom. The van der Waals surface area contributed by atoms with Crippen LogP contribution in [0.2, 0.25) is 0 Å². The zero-order chi connectivity index (χ0) is 45.8. The molecule has 0 aromatic rings. The van der Waals surface area contributed by atoms with Crippen molar-refractivity contribution in [2.75, 3.05) is 13.2 Å². The largest absolute Gasteiger partial charge is 0.462 e. The second-order valence-corrected chi connectivity index (χ2v) is 16.7. The second-order valence-electron chi connectivity index (χ2n) is 16.7. The summed E-state index contributed by atoms with van der Waals surface area (Å²) in [6.07, 6.45) is 66.9. The van der Waals surface area contributed by atoms with Crippen molar-refractivity contribution in [3.63, 3.8) is 0 Å². The predicted molar refractivity (Wildman–Crippen MR) is 270 cm³/mol. The van der Waals surface area contributed by atoms with Gasteiger partial charge in [-0.3, -0.25) is 14.4 Å². The molecule has 0 heterocycles. The summed E-state index contributed by atoms with van der Waals surface area (Å²) in [6.45, 7) is 6.38. The van der Waals surface area contributed by atoms with E-state index in [0.29, 0.717) is 19.3 Å². The molecule has 0 fully saturated rings. The van der Waals surface area contributed by atoms with Gasteiger partial charge in [-0.1, -0.05) is 227 Å². The highest BCUT2D eigenvalue weighted by Crippen LogP contribution is 2.15. The molecule has 0 saturated heterocycles. The maximum Gasteiger partial charge on any atom is 0.306 e. The fourth-order valence-corrected chi connectivity index (χ4v) is 6.74. The van der Waals surface area contributed by atoms with Crippen LogP contribution in [-0.4, -0.2) is 37.2 Å². The van der Waals surface area contributed by atoms with Gasteiger partial charge in [0.05, 0.1) is 0 Å². The topological polar surface area (TPSA) is 78.9 Å². The highest BCUT2D eigenvalue weighted by molar-refractivity contribution is 5.71. The van der Waals surface area contributed by atoms with E-state index >= 15 is 0 Å². The van der Waals surface area contributed by atoms with Gasteiger partial charge in [0.25, 0.3) is 0 Å². The van der Waals surface area contributed by atoms with Crippen LogP contribution in [0.5, 0.6) is 0 Å². The Hall–Kier alpha value is -3.67. The van der Waals surface area contributed by atoms with Crippen LogP contribution >= 0.6 is 0 Å². The van der Waals surface area contributed by atoms with Gasteiger partial charge >= 0.3 is 17.9 Å². The molecule has 0 aromatic carbocycles. The third-order valence-electron chi connectivity index (χ3n) is 10.6. The summed E-state index contributed by atoms with van der Waals surface area (Å²) in [5, 5.41) is 0. The molecule has 0 saturated carbocycles. The van der Waals surface area contributed by atoms with E-state index in [1.165, 1.54) is 89.9 Å². The number of hydrogen-bond acceptors (Lipinski definition) is 6. The van der Waals surface area contributed by atoms with Crippen LogP contribution in [0.4, 0.5) is 0 Å². The third kappa shape index (κ3) is 49.2. The molecule has 63 heavy (non-hydrogen) atoms. The maximum absolute atomic E-state index is 12.8. The minimum atomic E-state index is -0.817. The molecule has 0 amide bonds. The first kappa shape index (κ1) is 59.3. The van der Waals surface area contributed by atoms with Crippen molar-refractivity contribution < 1.29 is 28.6 Å². The summed E-state index contributed by atoms with van der Waals surface area (Å²) in [7, 11) is 0. The first-order chi connectivity index (χ1) is 31.0. The molecule has 6 nitrogen and oxygen atoms in total. The fraction of sp³-hybridized carbons (Fsp3) is 0.667. The number of unbranched alkanes of at least 4 members (excludes halogenated alkanes) is 19. The zero-order valence-corrected chi connectivity index (χ0v) is 40.8. The number of hydrogen-bond donors (Lipinski definition) is 0. The summed E-state index contributed by atoms with van der Waals surface area (Å²) < 4.78 is 16.7.